The highest BCUT2D eigenvalue weighted by atomic mass is 32.2. The molecule has 4 rings (SSSR count). The van der Waals surface area contributed by atoms with Crippen LogP contribution in [-0.4, -0.2) is 57.3 Å². The number of anilines is 1. The van der Waals surface area contributed by atoms with Gasteiger partial charge in [-0.05, 0) is 49.2 Å². The van der Waals surface area contributed by atoms with E-state index >= 15 is 0 Å². The van der Waals surface area contributed by atoms with Gasteiger partial charge in [-0.25, -0.2) is 9.97 Å². The molecule has 0 bridgehead atoms. The lowest BCUT2D eigenvalue weighted by Crippen LogP contribution is -2.49. The van der Waals surface area contributed by atoms with E-state index in [0.29, 0.717) is 32.0 Å². The highest BCUT2D eigenvalue weighted by Crippen LogP contribution is 2.29. The predicted octanol–water partition coefficient (Wildman–Crippen LogP) is 4.34. The molecule has 174 valence electrons. The third kappa shape index (κ3) is 5.50. The number of hydrogen-bond donors (Lipinski definition) is 0. The fraction of sp³-hybridized carbons (Fsp3) is 0.348. The minimum Gasteiger partial charge on any atom is -0.353 e. The van der Waals surface area contributed by atoms with E-state index < -0.39 is 11.7 Å². The summed E-state index contributed by atoms with van der Waals surface area (Å²) in [6, 6.07) is 8.68. The van der Waals surface area contributed by atoms with Crippen LogP contribution in [0.2, 0.25) is 0 Å². The normalized spacial score (nSPS) is 14.6. The van der Waals surface area contributed by atoms with Crippen LogP contribution >= 0.6 is 11.8 Å². The molecule has 0 aliphatic carbocycles. The Labute approximate surface area is 194 Å². The minimum atomic E-state index is -4.40. The first kappa shape index (κ1) is 23.2. The zero-order valence-corrected chi connectivity index (χ0v) is 19.2. The summed E-state index contributed by atoms with van der Waals surface area (Å²) < 4.78 is 40.2. The number of alkyl halides is 3. The molecule has 2 aromatic heterocycles. The number of piperazine rings is 1. The molecule has 10 heteroatoms. The van der Waals surface area contributed by atoms with Gasteiger partial charge in [0.05, 0.1) is 11.3 Å². The first-order valence-electron chi connectivity index (χ1n) is 10.5. The van der Waals surface area contributed by atoms with Crippen molar-refractivity contribution in [2.45, 2.75) is 25.2 Å². The Bertz CT molecular complexity index is 1100. The molecule has 0 spiro atoms. The van der Waals surface area contributed by atoms with Gasteiger partial charge in [0.25, 0.3) is 0 Å². The molecular weight excluding hydrogens is 451 g/mol. The van der Waals surface area contributed by atoms with E-state index in [2.05, 4.69) is 28.2 Å². The van der Waals surface area contributed by atoms with Gasteiger partial charge >= 0.3 is 6.18 Å². The second-order valence-electron chi connectivity index (χ2n) is 7.99. The van der Waals surface area contributed by atoms with Crippen molar-refractivity contribution in [2.24, 2.45) is 0 Å². The van der Waals surface area contributed by atoms with Crippen LogP contribution < -0.4 is 4.90 Å². The summed E-state index contributed by atoms with van der Waals surface area (Å²) in [5.41, 5.74) is 2.56. The number of halogens is 3. The first-order valence-corrected chi connectivity index (χ1v) is 11.5. The first-order chi connectivity index (χ1) is 15.7. The molecule has 1 aromatic carbocycles. The molecule has 3 heterocycles. The average molecular weight is 476 g/mol. The number of aromatic nitrogens is 3. The lowest BCUT2D eigenvalue weighted by atomic mass is 10.1. The van der Waals surface area contributed by atoms with Crippen molar-refractivity contribution >= 4 is 23.5 Å². The Morgan fingerprint density at radius 3 is 2.33 bits per heavy atom. The number of pyridine rings is 1. The molecule has 6 nitrogen and oxygen atoms in total. The summed E-state index contributed by atoms with van der Waals surface area (Å²) in [7, 11) is 0. The highest BCUT2D eigenvalue weighted by molar-refractivity contribution is 7.99. The van der Waals surface area contributed by atoms with Gasteiger partial charge in [-0.1, -0.05) is 17.8 Å². The molecule has 0 radical (unpaired) electrons. The van der Waals surface area contributed by atoms with Gasteiger partial charge in [-0.3, -0.25) is 9.36 Å². The molecule has 1 amide bonds. The fourth-order valence-electron chi connectivity index (χ4n) is 3.83. The van der Waals surface area contributed by atoms with Crippen molar-refractivity contribution < 1.29 is 18.0 Å². The van der Waals surface area contributed by atoms with E-state index in [9.17, 15) is 18.0 Å². The monoisotopic (exact) mass is 475 g/mol. The molecule has 0 N–H and O–H groups in total. The third-order valence-corrected chi connectivity index (χ3v) is 6.40. The van der Waals surface area contributed by atoms with E-state index in [0.717, 1.165) is 34.2 Å². The molecule has 3 aromatic rings. The van der Waals surface area contributed by atoms with Crippen molar-refractivity contribution in [2.75, 3.05) is 36.8 Å². The van der Waals surface area contributed by atoms with Gasteiger partial charge in [0.15, 0.2) is 5.16 Å². The SMILES string of the molecule is Cc1cc(C)cc(-n2ccnc2SCC(=O)N2CCN(c3ccc(C(F)(F)F)cn3)CC2)c1. The molecule has 1 aliphatic heterocycles. The molecular formula is C23H24F3N5OS. The van der Waals surface area contributed by atoms with E-state index in [1.807, 2.05) is 29.5 Å². The van der Waals surface area contributed by atoms with Gasteiger partial charge < -0.3 is 9.80 Å². The Morgan fingerprint density at radius 2 is 1.73 bits per heavy atom. The highest BCUT2D eigenvalue weighted by Gasteiger charge is 2.31. The number of nitrogens with zero attached hydrogens (tertiary/aromatic N) is 5. The predicted molar refractivity (Wildman–Crippen MR) is 122 cm³/mol. The number of carbonyl (C=O) groups excluding carboxylic acids is 1. The largest absolute Gasteiger partial charge is 0.417 e. The van der Waals surface area contributed by atoms with Crippen molar-refractivity contribution in [3.8, 4) is 5.69 Å². The lowest BCUT2D eigenvalue weighted by molar-refractivity contribution is -0.137. The summed E-state index contributed by atoms with van der Waals surface area (Å²) in [6.07, 6.45) is 0.0553. The van der Waals surface area contributed by atoms with Gasteiger partial charge in [0.1, 0.15) is 5.82 Å². The fourth-order valence-corrected chi connectivity index (χ4v) is 4.70. The number of thioether (sulfide) groups is 1. The van der Waals surface area contributed by atoms with E-state index in [1.54, 1.807) is 11.1 Å². The van der Waals surface area contributed by atoms with Crippen molar-refractivity contribution in [3.63, 3.8) is 0 Å². The van der Waals surface area contributed by atoms with Gasteiger partial charge in [0.2, 0.25) is 5.91 Å². The van der Waals surface area contributed by atoms with Crippen LogP contribution in [0.25, 0.3) is 5.69 Å². The summed E-state index contributed by atoms with van der Waals surface area (Å²) >= 11 is 1.39. The standard InChI is InChI=1S/C23H24F3N5OS/c1-16-11-17(2)13-19(12-16)31-6-5-27-22(31)33-15-21(32)30-9-7-29(8-10-30)20-4-3-18(14-28-20)23(24,25)26/h3-6,11-14H,7-10,15H2,1-2H3. The maximum Gasteiger partial charge on any atom is 0.417 e. The second-order valence-corrected chi connectivity index (χ2v) is 8.93. The van der Waals surface area contributed by atoms with Crippen LogP contribution in [0, 0.1) is 13.8 Å². The maximum atomic E-state index is 12.8. The molecule has 0 saturated carbocycles. The molecule has 1 fully saturated rings. The van der Waals surface area contributed by atoms with E-state index in [1.165, 1.54) is 17.8 Å². The van der Waals surface area contributed by atoms with Crippen LogP contribution in [0.5, 0.6) is 0 Å². The van der Waals surface area contributed by atoms with Crippen LogP contribution in [0.4, 0.5) is 19.0 Å². The van der Waals surface area contributed by atoms with Crippen LogP contribution in [0.15, 0.2) is 54.1 Å². The zero-order valence-electron chi connectivity index (χ0n) is 18.3. The Morgan fingerprint density at radius 1 is 1.03 bits per heavy atom. The number of imidazole rings is 1. The van der Waals surface area contributed by atoms with E-state index in [-0.39, 0.29) is 11.7 Å². The average Bonchev–Trinajstić information content (AvgIpc) is 3.25. The number of rotatable bonds is 5. The molecule has 33 heavy (non-hydrogen) atoms. The summed E-state index contributed by atoms with van der Waals surface area (Å²) in [6.45, 7) is 6.12. The Hall–Kier alpha value is -3.01. The van der Waals surface area contributed by atoms with Crippen molar-refractivity contribution in [1.82, 2.24) is 19.4 Å². The quantitative estimate of drug-likeness (QED) is 0.514. The smallest absolute Gasteiger partial charge is 0.353 e. The number of aryl methyl sites for hydroxylation is 2. The minimum absolute atomic E-state index is 0.00926. The zero-order chi connectivity index (χ0) is 23.6. The van der Waals surface area contributed by atoms with Gasteiger partial charge in [-0.2, -0.15) is 13.2 Å². The third-order valence-electron chi connectivity index (χ3n) is 5.45. The number of benzene rings is 1. The maximum absolute atomic E-state index is 12.8. The number of carbonyl (C=O) groups is 1. The topological polar surface area (TPSA) is 54.3 Å². The van der Waals surface area contributed by atoms with Crippen molar-refractivity contribution in [1.29, 1.82) is 0 Å². The molecule has 0 unspecified atom stereocenters. The summed E-state index contributed by atoms with van der Waals surface area (Å²) in [5.74, 6) is 0.760. The number of hydrogen-bond acceptors (Lipinski definition) is 5. The summed E-state index contributed by atoms with van der Waals surface area (Å²) in [4.78, 5) is 24.8. The Kier molecular flexibility index (Phi) is 6.64. The van der Waals surface area contributed by atoms with E-state index in [4.69, 9.17) is 0 Å². The lowest BCUT2D eigenvalue weighted by Gasteiger charge is -2.35. The number of amides is 1. The molecule has 1 saturated heterocycles. The van der Waals surface area contributed by atoms with Crippen LogP contribution in [0.3, 0.4) is 0 Å². The second kappa shape index (κ2) is 9.46. The van der Waals surface area contributed by atoms with Gasteiger partial charge in [0, 0.05) is 50.5 Å². The Balaban J connectivity index is 1.32. The van der Waals surface area contributed by atoms with Gasteiger partial charge in [-0.15, -0.1) is 0 Å². The van der Waals surface area contributed by atoms with Crippen LogP contribution in [-0.2, 0) is 11.0 Å². The van der Waals surface area contributed by atoms with Crippen LogP contribution in [0.1, 0.15) is 16.7 Å². The summed E-state index contributed by atoms with van der Waals surface area (Å²) in [5, 5.41) is 0.751. The molecule has 1 aliphatic rings. The molecule has 0 atom stereocenters. The van der Waals surface area contributed by atoms with Crippen molar-refractivity contribution in [3.05, 3.63) is 65.6 Å².